The first-order valence-electron chi connectivity index (χ1n) is 5.03. The number of hydrogen-bond donors (Lipinski definition) is 0. The Hall–Kier alpha value is -0.880. The fourth-order valence-corrected chi connectivity index (χ4v) is 3.53. The van der Waals surface area contributed by atoms with E-state index in [1.54, 1.807) is 4.90 Å². The van der Waals surface area contributed by atoms with Crippen LogP contribution in [0.1, 0.15) is 15.2 Å². The Morgan fingerprint density at radius 2 is 2.00 bits per heavy atom. The third-order valence-corrected chi connectivity index (χ3v) is 5.08. The van der Waals surface area contributed by atoms with Crippen molar-refractivity contribution in [2.45, 2.75) is 6.92 Å². The van der Waals surface area contributed by atoms with Crippen LogP contribution >= 0.6 is 11.3 Å². The lowest BCUT2D eigenvalue weighted by molar-refractivity contribution is 0.0771. The van der Waals surface area contributed by atoms with Crippen LogP contribution in [-0.2, 0) is 9.84 Å². The largest absolute Gasteiger partial charge is 0.337 e. The van der Waals surface area contributed by atoms with Crippen LogP contribution in [0.5, 0.6) is 0 Å². The van der Waals surface area contributed by atoms with Gasteiger partial charge in [0.25, 0.3) is 5.91 Å². The molecule has 0 unspecified atom stereocenters. The van der Waals surface area contributed by atoms with Crippen molar-refractivity contribution in [3.8, 4) is 0 Å². The lowest BCUT2D eigenvalue weighted by Gasteiger charge is -2.26. The summed E-state index contributed by atoms with van der Waals surface area (Å²) in [5.41, 5.74) is 0.668. The Bertz CT molecular complexity index is 490. The highest BCUT2D eigenvalue weighted by atomic mass is 32.2. The number of nitrogens with zero attached hydrogens (tertiary/aromatic N) is 1. The fourth-order valence-electron chi connectivity index (χ4n) is 1.65. The maximum atomic E-state index is 12.0. The molecule has 0 N–H and O–H groups in total. The molecule has 4 nitrogen and oxygen atoms in total. The summed E-state index contributed by atoms with van der Waals surface area (Å²) in [7, 11) is -2.92. The van der Waals surface area contributed by atoms with Gasteiger partial charge in [0.2, 0.25) is 0 Å². The van der Waals surface area contributed by atoms with Gasteiger partial charge in [0.15, 0.2) is 9.84 Å². The van der Waals surface area contributed by atoms with E-state index < -0.39 is 9.84 Å². The zero-order valence-corrected chi connectivity index (χ0v) is 10.6. The van der Waals surface area contributed by atoms with Gasteiger partial charge in [0, 0.05) is 23.3 Å². The molecule has 0 saturated carbocycles. The highest BCUT2D eigenvalue weighted by Gasteiger charge is 2.25. The molecule has 0 aliphatic carbocycles. The monoisotopic (exact) mass is 259 g/mol. The molecule has 0 bridgehead atoms. The number of aryl methyl sites for hydroxylation is 1. The second kappa shape index (κ2) is 4.18. The van der Waals surface area contributed by atoms with Gasteiger partial charge in [-0.05, 0) is 13.0 Å². The number of amides is 1. The van der Waals surface area contributed by atoms with Gasteiger partial charge in [-0.25, -0.2) is 8.42 Å². The molecular formula is C10H13NO3S2. The molecule has 1 amide bonds. The molecule has 1 aromatic heterocycles. The van der Waals surface area contributed by atoms with Crippen LogP contribution in [-0.4, -0.2) is 43.8 Å². The Labute approximate surface area is 98.8 Å². The van der Waals surface area contributed by atoms with Gasteiger partial charge in [0.1, 0.15) is 0 Å². The first kappa shape index (κ1) is 11.6. The second-order valence-electron chi connectivity index (χ2n) is 3.89. The lowest BCUT2D eigenvalue weighted by Crippen LogP contribution is -2.43. The molecule has 0 atom stereocenters. The molecule has 0 aromatic carbocycles. The van der Waals surface area contributed by atoms with E-state index in [0.29, 0.717) is 18.7 Å². The SMILES string of the molecule is Cc1cc(C(=O)N2CCS(=O)(=O)CC2)cs1. The van der Waals surface area contributed by atoms with Crippen molar-refractivity contribution < 1.29 is 13.2 Å². The topological polar surface area (TPSA) is 54.5 Å². The highest BCUT2D eigenvalue weighted by Crippen LogP contribution is 2.16. The van der Waals surface area contributed by atoms with Gasteiger partial charge in [-0.15, -0.1) is 11.3 Å². The molecule has 1 fully saturated rings. The Kier molecular flexibility index (Phi) is 3.03. The first-order chi connectivity index (χ1) is 7.48. The molecule has 1 aliphatic rings. The van der Waals surface area contributed by atoms with Gasteiger partial charge in [0.05, 0.1) is 17.1 Å². The van der Waals surface area contributed by atoms with Crippen molar-refractivity contribution in [2.24, 2.45) is 0 Å². The number of carbonyl (C=O) groups excluding carboxylic acids is 1. The molecule has 88 valence electrons. The van der Waals surface area contributed by atoms with E-state index in [9.17, 15) is 13.2 Å². The quantitative estimate of drug-likeness (QED) is 0.754. The van der Waals surface area contributed by atoms with E-state index in [1.807, 2.05) is 18.4 Å². The van der Waals surface area contributed by atoms with Gasteiger partial charge in [-0.3, -0.25) is 4.79 Å². The predicted octanol–water partition coefficient (Wildman–Crippen LogP) is 0.927. The molecular weight excluding hydrogens is 246 g/mol. The summed E-state index contributed by atoms with van der Waals surface area (Å²) in [5, 5.41) is 1.82. The van der Waals surface area contributed by atoms with Crippen molar-refractivity contribution in [2.75, 3.05) is 24.6 Å². The minimum absolute atomic E-state index is 0.0562. The summed E-state index contributed by atoms with van der Waals surface area (Å²) in [6.07, 6.45) is 0. The van der Waals surface area contributed by atoms with Crippen LogP contribution in [0, 0.1) is 6.92 Å². The molecule has 16 heavy (non-hydrogen) atoms. The lowest BCUT2D eigenvalue weighted by atomic mass is 10.2. The second-order valence-corrected chi connectivity index (χ2v) is 7.31. The number of sulfone groups is 1. The summed E-state index contributed by atoms with van der Waals surface area (Å²) < 4.78 is 22.4. The number of hydrogen-bond acceptors (Lipinski definition) is 4. The van der Waals surface area contributed by atoms with Crippen molar-refractivity contribution in [1.29, 1.82) is 0 Å². The third-order valence-electron chi connectivity index (χ3n) is 2.61. The molecule has 1 saturated heterocycles. The van der Waals surface area contributed by atoms with E-state index in [1.165, 1.54) is 11.3 Å². The fraction of sp³-hybridized carbons (Fsp3) is 0.500. The van der Waals surface area contributed by atoms with Crippen LogP contribution in [0.25, 0.3) is 0 Å². The third kappa shape index (κ3) is 2.44. The van der Waals surface area contributed by atoms with Crippen LogP contribution in [0.3, 0.4) is 0 Å². The van der Waals surface area contributed by atoms with Crippen LogP contribution in [0.4, 0.5) is 0 Å². The molecule has 0 spiro atoms. The summed E-state index contributed by atoms with van der Waals surface area (Å²) in [4.78, 5) is 14.7. The van der Waals surface area contributed by atoms with Crippen LogP contribution < -0.4 is 0 Å². The van der Waals surface area contributed by atoms with Gasteiger partial charge >= 0.3 is 0 Å². The smallest absolute Gasteiger partial charge is 0.254 e. The van der Waals surface area contributed by atoms with E-state index in [0.717, 1.165) is 4.88 Å². The van der Waals surface area contributed by atoms with Crippen molar-refractivity contribution in [3.63, 3.8) is 0 Å². The average molecular weight is 259 g/mol. The summed E-state index contributed by atoms with van der Waals surface area (Å²) in [6, 6.07) is 1.84. The van der Waals surface area contributed by atoms with Gasteiger partial charge in [-0.2, -0.15) is 0 Å². The molecule has 2 heterocycles. The maximum Gasteiger partial charge on any atom is 0.254 e. The van der Waals surface area contributed by atoms with E-state index in [4.69, 9.17) is 0 Å². The normalized spacial score (nSPS) is 19.7. The number of thiophene rings is 1. The van der Waals surface area contributed by atoms with Crippen LogP contribution in [0.15, 0.2) is 11.4 Å². The van der Waals surface area contributed by atoms with Gasteiger partial charge < -0.3 is 4.90 Å². The molecule has 1 aliphatic heterocycles. The average Bonchev–Trinajstić information content (AvgIpc) is 2.64. The van der Waals surface area contributed by atoms with Crippen molar-refractivity contribution >= 4 is 27.1 Å². The Morgan fingerprint density at radius 3 is 2.50 bits per heavy atom. The highest BCUT2D eigenvalue weighted by molar-refractivity contribution is 7.91. The van der Waals surface area contributed by atoms with Crippen molar-refractivity contribution in [1.82, 2.24) is 4.90 Å². The molecule has 6 heteroatoms. The van der Waals surface area contributed by atoms with E-state index in [2.05, 4.69) is 0 Å². The zero-order chi connectivity index (χ0) is 11.8. The maximum absolute atomic E-state index is 12.0. The summed E-state index contributed by atoms with van der Waals surface area (Å²) in [6.45, 7) is 2.58. The van der Waals surface area contributed by atoms with E-state index >= 15 is 0 Å². The molecule has 1 aromatic rings. The minimum Gasteiger partial charge on any atom is -0.337 e. The molecule has 0 radical (unpaired) electrons. The number of rotatable bonds is 1. The predicted molar refractivity (Wildman–Crippen MR) is 63.6 cm³/mol. The Balaban J connectivity index is 2.07. The van der Waals surface area contributed by atoms with Crippen molar-refractivity contribution in [3.05, 3.63) is 21.9 Å². The van der Waals surface area contributed by atoms with E-state index in [-0.39, 0.29) is 17.4 Å². The summed E-state index contributed by atoms with van der Waals surface area (Å²) in [5.74, 6) is 0.114. The molecule has 2 rings (SSSR count). The van der Waals surface area contributed by atoms with Crippen LogP contribution in [0.2, 0.25) is 0 Å². The number of carbonyl (C=O) groups is 1. The zero-order valence-electron chi connectivity index (χ0n) is 8.97. The standard InChI is InChI=1S/C10H13NO3S2/c1-8-6-9(7-15-8)10(12)11-2-4-16(13,14)5-3-11/h6-7H,2-5H2,1H3. The minimum atomic E-state index is -2.92. The Morgan fingerprint density at radius 1 is 1.38 bits per heavy atom. The first-order valence-corrected chi connectivity index (χ1v) is 7.73. The van der Waals surface area contributed by atoms with Gasteiger partial charge in [-0.1, -0.05) is 0 Å². The summed E-state index contributed by atoms with van der Waals surface area (Å²) >= 11 is 1.53.